The zero-order valence-corrected chi connectivity index (χ0v) is 16.0. The van der Waals surface area contributed by atoms with Crippen LogP contribution >= 0.6 is 11.6 Å². The van der Waals surface area contributed by atoms with Gasteiger partial charge in [0.2, 0.25) is 5.95 Å². The zero-order chi connectivity index (χ0) is 19.5. The summed E-state index contributed by atoms with van der Waals surface area (Å²) in [5.41, 5.74) is 3.64. The molecule has 0 aliphatic carbocycles. The lowest BCUT2D eigenvalue weighted by Crippen LogP contribution is -2.04. The largest absolute Gasteiger partial charge is 0.497 e. The number of fused-ring (bicyclic) bond motifs is 1. The van der Waals surface area contributed by atoms with Crippen molar-refractivity contribution in [2.24, 2.45) is 0 Å². The highest BCUT2D eigenvalue weighted by atomic mass is 35.5. The summed E-state index contributed by atoms with van der Waals surface area (Å²) >= 11 is 6.24. The van der Waals surface area contributed by atoms with Crippen molar-refractivity contribution in [1.82, 2.24) is 19.9 Å². The smallest absolute Gasteiger partial charge is 0.231 e. The van der Waals surface area contributed by atoms with Crippen LogP contribution in [0.1, 0.15) is 5.56 Å². The maximum atomic E-state index is 6.24. The SMILES string of the molecule is COc1cccc(Nc2nc(Nc3ccc(C)c(Cl)c3)c3nccnc3n2)c1. The molecule has 0 atom stereocenters. The summed E-state index contributed by atoms with van der Waals surface area (Å²) in [5, 5.41) is 7.11. The number of ether oxygens (including phenoxy) is 1. The Kier molecular flexibility index (Phi) is 4.90. The highest BCUT2D eigenvalue weighted by Gasteiger charge is 2.11. The average Bonchev–Trinajstić information content (AvgIpc) is 2.71. The van der Waals surface area contributed by atoms with Crippen LogP contribution in [0.4, 0.5) is 23.1 Å². The first-order valence-corrected chi connectivity index (χ1v) is 8.93. The van der Waals surface area contributed by atoms with Crippen LogP contribution < -0.4 is 15.4 Å². The Morgan fingerprint density at radius 2 is 1.75 bits per heavy atom. The van der Waals surface area contributed by atoms with Crippen LogP contribution in [0.15, 0.2) is 54.9 Å². The lowest BCUT2D eigenvalue weighted by atomic mass is 10.2. The molecule has 0 saturated carbocycles. The number of halogens is 1. The summed E-state index contributed by atoms with van der Waals surface area (Å²) in [5.74, 6) is 1.66. The van der Waals surface area contributed by atoms with Crippen molar-refractivity contribution >= 4 is 45.9 Å². The number of methoxy groups -OCH3 is 1. The van der Waals surface area contributed by atoms with Crippen molar-refractivity contribution in [3.63, 3.8) is 0 Å². The number of anilines is 4. The third kappa shape index (κ3) is 3.79. The van der Waals surface area contributed by atoms with E-state index in [2.05, 4.69) is 30.6 Å². The van der Waals surface area contributed by atoms with E-state index in [-0.39, 0.29) is 0 Å². The minimum Gasteiger partial charge on any atom is -0.497 e. The quantitative estimate of drug-likeness (QED) is 0.500. The number of aryl methyl sites for hydroxylation is 1. The third-order valence-electron chi connectivity index (χ3n) is 4.09. The van der Waals surface area contributed by atoms with Crippen LogP contribution in [-0.2, 0) is 0 Å². The predicted octanol–water partition coefficient (Wildman–Crippen LogP) is 4.88. The first-order chi connectivity index (χ1) is 13.6. The number of benzene rings is 2. The molecule has 8 heteroatoms. The predicted molar refractivity (Wildman–Crippen MR) is 111 cm³/mol. The van der Waals surface area contributed by atoms with Crippen LogP contribution in [0.2, 0.25) is 5.02 Å². The van der Waals surface area contributed by atoms with Gasteiger partial charge in [-0.3, -0.25) is 0 Å². The van der Waals surface area contributed by atoms with E-state index in [9.17, 15) is 0 Å². The molecule has 28 heavy (non-hydrogen) atoms. The topological polar surface area (TPSA) is 84.9 Å². The summed E-state index contributed by atoms with van der Waals surface area (Å²) < 4.78 is 5.26. The molecule has 0 spiro atoms. The molecule has 2 aromatic heterocycles. The number of nitrogens with zero attached hydrogens (tertiary/aromatic N) is 4. The maximum absolute atomic E-state index is 6.24. The number of hydrogen-bond donors (Lipinski definition) is 2. The van der Waals surface area contributed by atoms with E-state index in [0.29, 0.717) is 28.0 Å². The lowest BCUT2D eigenvalue weighted by molar-refractivity contribution is 0.415. The van der Waals surface area contributed by atoms with Gasteiger partial charge in [-0.05, 0) is 36.8 Å². The number of aromatic nitrogens is 4. The zero-order valence-electron chi connectivity index (χ0n) is 15.3. The molecule has 4 aromatic rings. The van der Waals surface area contributed by atoms with Gasteiger partial charge in [0, 0.05) is 34.9 Å². The van der Waals surface area contributed by atoms with Gasteiger partial charge in [-0.25, -0.2) is 9.97 Å². The second-order valence-electron chi connectivity index (χ2n) is 6.07. The molecule has 0 saturated heterocycles. The average molecular weight is 393 g/mol. The molecule has 7 nitrogen and oxygen atoms in total. The fourth-order valence-electron chi connectivity index (χ4n) is 2.64. The summed E-state index contributed by atoms with van der Waals surface area (Å²) in [7, 11) is 1.62. The van der Waals surface area contributed by atoms with E-state index in [4.69, 9.17) is 16.3 Å². The fraction of sp³-hybridized carbons (Fsp3) is 0.100. The van der Waals surface area contributed by atoms with Gasteiger partial charge in [-0.15, -0.1) is 0 Å². The molecule has 140 valence electrons. The van der Waals surface area contributed by atoms with E-state index >= 15 is 0 Å². The molecule has 2 heterocycles. The molecule has 0 radical (unpaired) electrons. The van der Waals surface area contributed by atoms with Crippen LogP contribution in [0.25, 0.3) is 11.2 Å². The molecule has 2 aromatic carbocycles. The van der Waals surface area contributed by atoms with Gasteiger partial charge in [-0.1, -0.05) is 23.7 Å². The van der Waals surface area contributed by atoms with E-state index in [0.717, 1.165) is 22.7 Å². The Morgan fingerprint density at radius 1 is 0.929 bits per heavy atom. The van der Waals surface area contributed by atoms with Crippen molar-refractivity contribution in [1.29, 1.82) is 0 Å². The first kappa shape index (κ1) is 17.9. The Hall–Kier alpha value is -3.45. The Labute approximate surface area is 166 Å². The van der Waals surface area contributed by atoms with Gasteiger partial charge in [0.15, 0.2) is 17.0 Å². The Morgan fingerprint density at radius 3 is 2.57 bits per heavy atom. The molecular weight excluding hydrogens is 376 g/mol. The minimum absolute atomic E-state index is 0.391. The van der Waals surface area contributed by atoms with Gasteiger partial charge in [0.25, 0.3) is 0 Å². The maximum Gasteiger partial charge on any atom is 0.231 e. The van der Waals surface area contributed by atoms with Gasteiger partial charge >= 0.3 is 0 Å². The first-order valence-electron chi connectivity index (χ1n) is 8.55. The van der Waals surface area contributed by atoms with Gasteiger partial charge < -0.3 is 15.4 Å². The molecule has 4 rings (SSSR count). The lowest BCUT2D eigenvalue weighted by Gasteiger charge is -2.12. The van der Waals surface area contributed by atoms with E-state index in [1.165, 1.54) is 0 Å². The highest BCUT2D eigenvalue weighted by Crippen LogP contribution is 2.27. The summed E-state index contributed by atoms with van der Waals surface area (Å²) in [4.78, 5) is 17.7. The molecular formula is C20H17ClN6O. The van der Waals surface area contributed by atoms with Crippen molar-refractivity contribution in [3.05, 3.63) is 65.4 Å². The molecule has 2 N–H and O–H groups in total. The minimum atomic E-state index is 0.391. The monoisotopic (exact) mass is 392 g/mol. The van der Waals surface area contributed by atoms with Gasteiger partial charge in [0.1, 0.15) is 5.75 Å². The summed E-state index contributed by atoms with van der Waals surface area (Å²) in [6.07, 6.45) is 3.20. The fourth-order valence-corrected chi connectivity index (χ4v) is 2.82. The Balaban J connectivity index is 1.73. The summed E-state index contributed by atoms with van der Waals surface area (Å²) in [6.45, 7) is 1.95. The third-order valence-corrected chi connectivity index (χ3v) is 4.50. The number of nitrogens with one attached hydrogen (secondary N) is 2. The van der Waals surface area contributed by atoms with Crippen molar-refractivity contribution in [2.45, 2.75) is 6.92 Å². The number of rotatable bonds is 5. The normalized spacial score (nSPS) is 10.7. The Bertz CT molecular complexity index is 1150. The molecule has 0 unspecified atom stereocenters. The van der Waals surface area contributed by atoms with Crippen LogP contribution in [-0.4, -0.2) is 27.0 Å². The van der Waals surface area contributed by atoms with E-state index in [1.807, 2.05) is 49.4 Å². The molecule has 0 amide bonds. The second-order valence-corrected chi connectivity index (χ2v) is 6.48. The van der Waals surface area contributed by atoms with Gasteiger partial charge in [0.05, 0.1) is 7.11 Å². The standard InChI is InChI=1S/C20H17ClN6O/c1-12-6-7-14(11-16(12)21)24-19-17-18(23-9-8-22-17)26-20(27-19)25-13-4-3-5-15(10-13)28-2/h3-11H,1-2H3,(H2,23,24,25,26,27). The van der Waals surface area contributed by atoms with Crippen molar-refractivity contribution in [2.75, 3.05) is 17.7 Å². The second kappa shape index (κ2) is 7.66. The molecule has 0 bridgehead atoms. The highest BCUT2D eigenvalue weighted by molar-refractivity contribution is 6.31. The van der Waals surface area contributed by atoms with Crippen LogP contribution in [0.5, 0.6) is 5.75 Å². The molecule has 0 fully saturated rings. The number of hydrogen-bond acceptors (Lipinski definition) is 7. The van der Waals surface area contributed by atoms with Crippen LogP contribution in [0, 0.1) is 6.92 Å². The van der Waals surface area contributed by atoms with Gasteiger partial charge in [-0.2, -0.15) is 9.97 Å². The van der Waals surface area contributed by atoms with E-state index < -0.39 is 0 Å². The van der Waals surface area contributed by atoms with E-state index in [1.54, 1.807) is 19.5 Å². The van der Waals surface area contributed by atoms with Crippen molar-refractivity contribution < 1.29 is 4.74 Å². The molecule has 0 aliphatic heterocycles. The van der Waals surface area contributed by atoms with Crippen molar-refractivity contribution in [3.8, 4) is 5.75 Å². The summed E-state index contributed by atoms with van der Waals surface area (Å²) in [6, 6.07) is 13.2. The molecule has 0 aliphatic rings. The van der Waals surface area contributed by atoms with Crippen LogP contribution in [0.3, 0.4) is 0 Å².